The highest BCUT2D eigenvalue weighted by molar-refractivity contribution is 7.16. The molecule has 0 spiro atoms. The first-order valence-corrected chi connectivity index (χ1v) is 8.85. The van der Waals surface area contributed by atoms with E-state index in [0.29, 0.717) is 27.6 Å². The predicted molar refractivity (Wildman–Crippen MR) is 105 cm³/mol. The number of para-hydroxylation sites is 1. The van der Waals surface area contributed by atoms with Crippen molar-refractivity contribution in [3.63, 3.8) is 0 Å². The molecule has 0 aliphatic rings. The Morgan fingerprint density at radius 2 is 1.78 bits per heavy atom. The number of aromatic nitrogens is 1. The first-order valence-electron chi connectivity index (χ1n) is 8.03. The monoisotopic (exact) mass is 382 g/mol. The summed E-state index contributed by atoms with van der Waals surface area (Å²) in [6.45, 7) is 0.271. The highest BCUT2D eigenvalue weighted by Gasteiger charge is 2.15. The number of carbonyl (C=O) groups is 1. The average molecular weight is 382 g/mol. The zero-order chi connectivity index (χ0) is 19.4. The Labute approximate surface area is 160 Å². The van der Waals surface area contributed by atoms with Gasteiger partial charge < -0.3 is 18.8 Å². The molecule has 3 rings (SSSR count). The third-order valence-electron chi connectivity index (χ3n) is 3.97. The Hall–Kier alpha value is -3.24. The van der Waals surface area contributed by atoms with Crippen LogP contribution in [0.2, 0.25) is 0 Å². The summed E-state index contributed by atoms with van der Waals surface area (Å²) in [4.78, 5) is 17.5. The molecule has 0 saturated carbocycles. The number of hydrogen-bond donors (Lipinski definition) is 0. The summed E-state index contributed by atoms with van der Waals surface area (Å²) in [6.07, 6.45) is 5.53. The van der Waals surface area contributed by atoms with Gasteiger partial charge >= 0.3 is 0 Å². The fourth-order valence-electron chi connectivity index (χ4n) is 2.69. The van der Waals surface area contributed by atoms with Crippen LogP contribution >= 0.6 is 11.3 Å². The Bertz CT molecular complexity index is 1110. The molecular formula is C20H18N2O4S. The molecule has 2 aromatic carbocycles. The van der Waals surface area contributed by atoms with Crippen LogP contribution in [-0.4, -0.2) is 31.8 Å². The smallest absolute Gasteiger partial charge is 0.283 e. The molecule has 1 aromatic heterocycles. The minimum Gasteiger partial charge on any atom is -0.496 e. The second kappa shape index (κ2) is 7.98. The van der Waals surface area contributed by atoms with Gasteiger partial charge in [0, 0.05) is 12.1 Å². The van der Waals surface area contributed by atoms with Crippen molar-refractivity contribution in [2.75, 3.05) is 21.3 Å². The first kappa shape index (κ1) is 18.5. The molecular weight excluding hydrogens is 364 g/mol. The molecule has 1 amide bonds. The molecule has 7 heteroatoms. The minimum absolute atomic E-state index is 0.271. The number of rotatable bonds is 5. The maximum absolute atomic E-state index is 12.7. The molecule has 0 aliphatic carbocycles. The van der Waals surface area contributed by atoms with Crippen LogP contribution in [0.25, 0.3) is 10.2 Å². The Kier molecular flexibility index (Phi) is 5.48. The Morgan fingerprint density at radius 1 is 1.11 bits per heavy atom. The molecule has 0 radical (unpaired) electrons. The highest BCUT2D eigenvalue weighted by atomic mass is 32.1. The van der Waals surface area contributed by atoms with Gasteiger partial charge in [-0.1, -0.05) is 29.4 Å². The third-order valence-corrected chi connectivity index (χ3v) is 5.01. The van der Waals surface area contributed by atoms with E-state index in [0.717, 1.165) is 10.2 Å². The lowest BCUT2D eigenvalue weighted by molar-refractivity contribution is 0.0995. The lowest BCUT2D eigenvalue weighted by Crippen LogP contribution is -2.16. The molecule has 0 saturated heterocycles. The molecule has 6 nitrogen and oxygen atoms in total. The van der Waals surface area contributed by atoms with Crippen LogP contribution < -0.4 is 19.0 Å². The van der Waals surface area contributed by atoms with E-state index in [4.69, 9.17) is 20.6 Å². The maximum Gasteiger partial charge on any atom is 0.283 e. The van der Waals surface area contributed by atoms with E-state index in [9.17, 15) is 4.79 Å². The molecule has 0 unspecified atom stereocenters. The standard InChI is InChI=1S/C20H18N2O4S/c1-5-10-22-14-11-16(25-3)17(26-4)12-18(14)27-20(22)21-19(23)13-8-6-7-9-15(13)24-2/h1,6-9,11-12H,10H2,2-4H3. The molecule has 27 heavy (non-hydrogen) atoms. The van der Waals surface area contributed by atoms with Gasteiger partial charge in [-0.2, -0.15) is 4.99 Å². The summed E-state index contributed by atoms with van der Waals surface area (Å²) in [5, 5.41) is 0. The zero-order valence-corrected chi connectivity index (χ0v) is 16.0. The second-order valence-corrected chi connectivity index (χ2v) is 6.48. The number of thiazole rings is 1. The van der Waals surface area contributed by atoms with Crippen LogP contribution in [0, 0.1) is 12.3 Å². The molecule has 138 valence electrons. The van der Waals surface area contributed by atoms with Gasteiger partial charge in [0.15, 0.2) is 16.3 Å². The van der Waals surface area contributed by atoms with E-state index in [1.54, 1.807) is 43.1 Å². The number of fused-ring (bicyclic) bond motifs is 1. The van der Waals surface area contributed by atoms with Crippen molar-refractivity contribution in [1.82, 2.24) is 4.57 Å². The summed E-state index contributed by atoms with van der Waals surface area (Å²) in [6, 6.07) is 10.6. The van der Waals surface area contributed by atoms with Crippen molar-refractivity contribution in [2.45, 2.75) is 6.54 Å². The van der Waals surface area contributed by atoms with Gasteiger partial charge in [-0.05, 0) is 12.1 Å². The lowest BCUT2D eigenvalue weighted by atomic mass is 10.2. The number of benzene rings is 2. The summed E-state index contributed by atoms with van der Waals surface area (Å²) in [7, 11) is 4.66. The van der Waals surface area contributed by atoms with Gasteiger partial charge in [0.25, 0.3) is 5.91 Å². The van der Waals surface area contributed by atoms with Crippen molar-refractivity contribution in [3.05, 3.63) is 46.8 Å². The maximum atomic E-state index is 12.7. The van der Waals surface area contributed by atoms with Gasteiger partial charge in [-0.3, -0.25) is 4.79 Å². The van der Waals surface area contributed by atoms with Crippen LogP contribution in [0.3, 0.4) is 0 Å². The predicted octanol–water partition coefficient (Wildman–Crippen LogP) is 3.10. The topological polar surface area (TPSA) is 62.1 Å². The van der Waals surface area contributed by atoms with Crippen molar-refractivity contribution in [1.29, 1.82) is 0 Å². The van der Waals surface area contributed by atoms with Crippen LogP contribution in [0.15, 0.2) is 41.4 Å². The quantitative estimate of drug-likeness (QED) is 0.636. The van der Waals surface area contributed by atoms with Crippen LogP contribution in [0.1, 0.15) is 10.4 Å². The normalized spacial score (nSPS) is 11.3. The average Bonchev–Trinajstić information content (AvgIpc) is 3.03. The number of methoxy groups -OCH3 is 3. The summed E-state index contributed by atoms with van der Waals surface area (Å²) in [5.74, 6) is 3.86. The van der Waals surface area contributed by atoms with Gasteiger partial charge in [0.05, 0.1) is 43.7 Å². The summed E-state index contributed by atoms with van der Waals surface area (Å²) >= 11 is 1.35. The van der Waals surface area contributed by atoms with Gasteiger partial charge in [-0.15, -0.1) is 6.42 Å². The van der Waals surface area contributed by atoms with Gasteiger partial charge in [0.2, 0.25) is 0 Å². The van der Waals surface area contributed by atoms with E-state index in [1.807, 2.05) is 12.1 Å². The summed E-state index contributed by atoms with van der Waals surface area (Å²) in [5.41, 5.74) is 1.21. The number of ether oxygens (including phenoxy) is 3. The SMILES string of the molecule is C#CCn1c(=NC(=O)c2ccccc2OC)sc2cc(OC)c(OC)cc21. The number of nitrogens with zero attached hydrogens (tertiary/aromatic N) is 2. The highest BCUT2D eigenvalue weighted by Crippen LogP contribution is 2.33. The van der Waals surface area contributed by atoms with Crippen LogP contribution in [-0.2, 0) is 6.54 Å². The van der Waals surface area contributed by atoms with Crippen LogP contribution in [0.5, 0.6) is 17.2 Å². The van der Waals surface area contributed by atoms with Crippen molar-refractivity contribution in [3.8, 4) is 29.6 Å². The Morgan fingerprint density at radius 3 is 2.44 bits per heavy atom. The fourth-order valence-corrected chi connectivity index (χ4v) is 3.73. The second-order valence-electron chi connectivity index (χ2n) is 5.47. The van der Waals surface area contributed by atoms with E-state index in [2.05, 4.69) is 10.9 Å². The van der Waals surface area contributed by atoms with Crippen molar-refractivity contribution < 1.29 is 19.0 Å². The molecule has 3 aromatic rings. The van der Waals surface area contributed by atoms with Crippen molar-refractivity contribution in [2.24, 2.45) is 4.99 Å². The number of hydrogen-bond acceptors (Lipinski definition) is 5. The zero-order valence-electron chi connectivity index (χ0n) is 15.2. The molecule has 0 fully saturated rings. The summed E-state index contributed by atoms with van der Waals surface area (Å²) < 4.78 is 18.7. The molecule has 0 aliphatic heterocycles. The fraction of sp³-hybridized carbons (Fsp3) is 0.200. The minimum atomic E-state index is -0.399. The first-order chi connectivity index (χ1) is 13.1. The molecule has 1 heterocycles. The van der Waals surface area contributed by atoms with E-state index in [-0.39, 0.29) is 6.54 Å². The van der Waals surface area contributed by atoms with Gasteiger partial charge in [-0.25, -0.2) is 0 Å². The molecule has 0 bridgehead atoms. The van der Waals surface area contributed by atoms with E-state index >= 15 is 0 Å². The van der Waals surface area contributed by atoms with E-state index in [1.165, 1.54) is 18.4 Å². The Balaban J connectivity index is 2.21. The lowest BCUT2D eigenvalue weighted by Gasteiger charge is -2.08. The van der Waals surface area contributed by atoms with Crippen LogP contribution in [0.4, 0.5) is 0 Å². The molecule has 0 N–H and O–H groups in total. The number of terminal acetylenes is 1. The largest absolute Gasteiger partial charge is 0.496 e. The number of carbonyl (C=O) groups excluding carboxylic acids is 1. The van der Waals surface area contributed by atoms with E-state index < -0.39 is 5.91 Å². The molecule has 0 atom stereocenters. The van der Waals surface area contributed by atoms with Crippen molar-refractivity contribution >= 4 is 27.5 Å². The number of amides is 1. The van der Waals surface area contributed by atoms with Gasteiger partial charge in [0.1, 0.15) is 5.75 Å². The third kappa shape index (κ3) is 3.52.